The van der Waals surface area contributed by atoms with Crippen LogP contribution in [0.25, 0.3) is 10.9 Å². The maximum atomic E-state index is 12.6. The fourth-order valence-corrected chi connectivity index (χ4v) is 3.65. The van der Waals surface area contributed by atoms with E-state index in [1.165, 1.54) is 29.5 Å². The molecule has 0 aliphatic heterocycles. The third kappa shape index (κ3) is 2.71. The number of amides is 1. The number of fused-ring (bicyclic) bond motifs is 3. The Kier molecular flexibility index (Phi) is 3.85. The molecule has 0 spiro atoms. The molecule has 0 saturated heterocycles. The van der Waals surface area contributed by atoms with Crippen molar-refractivity contribution in [3.05, 3.63) is 70.9 Å². The molecule has 1 atom stereocenters. The summed E-state index contributed by atoms with van der Waals surface area (Å²) >= 11 is 0. The molecule has 3 aromatic rings. The number of aromatic nitrogens is 1. The molecule has 2 N–H and O–H groups in total. The highest BCUT2D eigenvalue weighted by Gasteiger charge is 2.17. The van der Waals surface area contributed by atoms with E-state index in [0.717, 1.165) is 29.5 Å². The van der Waals surface area contributed by atoms with E-state index in [1.54, 1.807) is 0 Å². The molecule has 4 rings (SSSR count). The minimum absolute atomic E-state index is 0.00506. The Labute approximate surface area is 142 Å². The summed E-state index contributed by atoms with van der Waals surface area (Å²) in [6.07, 6.45) is 4.72. The summed E-state index contributed by atoms with van der Waals surface area (Å²) in [5.74, 6) is -0.0148. The van der Waals surface area contributed by atoms with Gasteiger partial charge in [-0.2, -0.15) is 0 Å². The quantitative estimate of drug-likeness (QED) is 0.732. The molecule has 3 nitrogen and oxygen atoms in total. The lowest BCUT2D eigenvalue weighted by molar-refractivity contribution is 0.0940. The fraction of sp³-hybridized carbons (Fsp3) is 0.286. The lowest BCUT2D eigenvalue weighted by atomic mass is 9.95. The molecule has 1 aliphatic rings. The number of hydrogen-bond acceptors (Lipinski definition) is 1. The molecule has 0 saturated carbocycles. The Morgan fingerprint density at radius 2 is 1.88 bits per heavy atom. The van der Waals surface area contributed by atoms with Crippen molar-refractivity contribution in [3.63, 3.8) is 0 Å². The molecule has 2 aromatic carbocycles. The van der Waals surface area contributed by atoms with E-state index >= 15 is 0 Å². The molecular formula is C21H22N2O. The highest BCUT2D eigenvalue weighted by atomic mass is 16.1. The van der Waals surface area contributed by atoms with Crippen LogP contribution in [0.5, 0.6) is 0 Å². The average molecular weight is 318 g/mol. The number of rotatable bonds is 3. The van der Waals surface area contributed by atoms with E-state index in [2.05, 4.69) is 10.3 Å². The zero-order valence-electron chi connectivity index (χ0n) is 13.9. The zero-order valence-corrected chi connectivity index (χ0v) is 13.9. The minimum atomic E-state index is -0.0148. The number of carbonyl (C=O) groups excluding carboxylic acids is 1. The third-order valence-corrected chi connectivity index (χ3v) is 5.01. The van der Waals surface area contributed by atoms with Crippen LogP contribution in [0.15, 0.2) is 48.5 Å². The van der Waals surface area contributed by atoms with Gasteiger partial charge in [0.15, 0.2) is 0 Å². The standard InChI is InChI=1S/C21H22N2O/c1-14(15-7-3-2-4-8-15)22-21(24)16-11-12-20-18(13-16)17-9-5-6-10-19(17)23-20/h2-4,7-8,11-14,23H,5-6,9-10H2,1H3,(H,22,24)/t14-/m1/s1. The van der Waals surface area contributed by atoms with Gasteiger partial charge in [-0.15, -0.1) is 0 Å². The molecular weight excluding hydrogens is 296 g/mol. The first-order chi connectivity index (χ1) is 11.7. The number of aromatic amines is 1. The fourth-order valence-electron chi connectivity index (χ4n) is 3.65. The summed E-state index contributed by atoms with van der Waals surface area (Å²) in [5.41, 5.74) is 5.76. The molecule has 0 unspecified atom stereocenters. The van der Waals surface area contributed by atoms with Gasteiger partial charge >= 0.3 is 0 Å². The first-order valence-electron chi connectivity index (χ1n) is 8.71. The number of carbonyl (C=O) groups is 1. The number of aryl methyl sites for hydroxylation is 2. The van der Waals surface area contributed by atoms with Gasteiger partial charge in [-0.05, 0) is 61.9 Å². The van der Waals surface area contributed by atoms with E-state index < -0.39 is 0 Å². The first-order valence-corrected chi connectivity index (χ1v) is 8.71. The van der Waals surface area contributed by atoms with Crippen LogP contribution in [0.1, 0.15) is 53.0 Å². The third-order valence-electron chi connectivity index (χ3n) is 5.01. The molecule has 122 valence electrons. The normalized spacial score (nSPS) is 15.0. The molecule has 1 heterocycles. The summed E-state index contributed by atoms with van der Waals surface area (Å²) in [4.78, 5) is 16.2. The van der Waals surface area contributed by atoms with Gasteiger partial charge < -0.3 is 10.3 Å². The lowest BCUT2D eigenvalue weighted by Crippen LogP contribution is -2.26. The molecule has 0 radical (unpaired) electrons. The van der Waals surface area contributed by atoms with Crippen molar-refractivity contribution in [2.75, 3.05) is 0 Å². The molecule has 24 heavy (non-hydrogen) atoms. The highest BCUT2D eigenvalue weighted by molar-refractivity contribution is 5.99. The van der Waals surface area contributed by atoms with E-state index in [-0.39, 0.29) is 11.9 Å². The Morgan fingerprint density at radius 1 is 1.08 bits per heavy atom. The van der Waals surface area contributed by atoms with Crippen molar-refractivity contribution in [2.45, 2.75) is 38.6 Å². The SMILES string of the molecule is C[C@@H](NC(=O)c1ccc2[nH]c3c(c2c1)CCCC3)c1ccccc1. The van der Waals surface area contributed by atoms with Gasteiger partial charge in [-0.3, -0.25) is 4.79 Å². The smallest absolute Gasteiger partial charge is 0.251 e. The van der Waals surface area contributed by atoms with E-state index in [4.69, 9.17) is 0 Å². The van der Waals surface area contributed by atoms with Crippen LogP contribution >= 0.6 is 0 Å². The first kappa shape index (κ1) is 15.0. The van der Waals surface area contributed by atoms with Crippen LogP contribution in [0.3, 0.4) is 0 Å². The Morgan fingerprint density at radius 3 is 2.71 bits per heavy atom. The van der Waals surface area contributed by atoms with Crippen LogP contribution < -0.4 is 5.32 Å². The number of H-pyrrole nitrogens is 1. The van der Waals surface area contributed by atoms with Crippen molar-refractivity contribution >= 4 is 16.8 Å². The molecule has 1 amide bonds. The number of benzene rings is 2. The molecule has 1 aromatic heterocycles. The van der Waals surface area contributed by atoms with Gasteiger partial charge in [-0.1, -0.05) is 30.3 Å². The van der Waals surface area contributed by atoms with Gasteiger partial charge in [0.1, 0.15) is 0 Å². The topological polar surface area (TPSA) is 44.9 Å². The van der Waals surface area contributed by atoms with Crippen molar-refractivity contribution in [3.8, 4) is 0 Å². The maximum absolute atomic E-state index is 12.6. The summed E-state index contributed by atoms with van der Waals surface area (Å²) in [6.45, 7) is 2.02. The average Bonchev–Trinajstić information content (AvgIpc) is 3.00. The van der Waals surface area contributed by atoms with Crippen LogP contribution in [-0.2, 0) is 12.8 Å². The summed E-state index contributed by atoms with van der Waals surface area (Å²) in [7, 11) is 0. The Balaban J connectivity index is 1.60. The Hall–Kier alpha value is -2.55. The van der Waals surface area contributed by atoms with Crippen LogP contribution in [0.2, 0.25) is 0 Å². The van der Waals surface area contributed by atoms with Gasteiger partial charge in [0.05, 0.1) is 6.04 Å². The number of hydrogen-bond donors (Lipinski definition) is 2. The second kappa shape index (κ2) is 6.16. The second-order valence-corrected chi connectivity index (χ2v) is 6.66. The summed E-state index contributed by atoms with van der Waals surface area (Å²) in [6, 6.07) is 16.0. The monoisotopic (exact) mass is 318 g/mol. The van der Waals surface area contributed by atoms with Crippen molar-refractivity contribution in [1.29, 1.82) is 0 Å². The largest absolute Gasteiger partial charge is 0.358 e. The summed E-state index contributed by atoms with van der Waals surface area (Å²) < 4.78 is 0. The second-order valence-electron chi connectivity index (χ2n) is 6.66. The molecule has 1 aliphatic carbocycles. The summed E-state index contributed by atoms with van der Waals surface area (Å²) in [5, 5.41) is 4.31. The van der Waals surface area contributed by atoms with Crippen LogP contribution in [-0.4, -0.2) is 10.9 Å². The zero-order chi connectivity index (χ0) is 16.5. The Bertz CT molecular complexity index is 879. The molecule has 0 fully saturated rings. The highest BCUT2D eigenvalue weighted by Crippen LogP contribution is 2.29. The van der Waals surface area contributed by atoms with Crippen molar-refractivity contribution < 1.29 is 4.79 Å². The van der Waals surface area contributed by atoms with Crippen LogP contribution in [0.4, 0.5) is 0 Å². The maximum Gasteiger partial charge on any atom is 0.251 e. The predicted octanol–water partition coefficient (Wildman–Crippen LogP) is 4.54. The van der Waals surface area contributed by atoms with Gasteiger partial charge in [0.25, 0.3) is 5.91 Å². The van der Waals surface area contributed by atoms with E-state index in [0.29, 0.717) is 0 Å². The van der Waals surface area contributed by atoms with Gasteiger partial charge in [0, 0.05) is 22.2 Å². The number of nitrogens with one attached hydrogen (secondary N) is 2. The lowest BCUT2D eigenvalue weighted by Gasteiger charge is -2.14. The van der Waals surface area contributed by atoms with E-state index in [1.807, 2.05) is 55.5 Å². The van der Waals surface area contributed by atoms with Gasteiger partial charge in [-0.25, -0.2) is 0 Å². The van der Waals surface area contributed by atoms with Crippen LogP contribution in [0, 0.1) is 0 Å². The van der Waals surface area contributed by atoms with Gasteiger partial charge in [0.2, 0.25) is 0 Å². The van der Waals surface area contributed by atoms with Crippen molar-refractivity contribution in [1.82, 2.24) is 10.3 Å². The molecule has 3 heteroatoms. The van der Waals surface area contributed by atoms with E-state index in [9.17, 15) is 4.79 Å². The van der Waals surface area contributed by atoms with Crippen molar-refractivity contribution in [2.24, 2.45) is 0 Å². The molecule has 0 bridgehead atoms. The predicted molar refractivity (Wildman–Crippen MR) is 97.3 cm³/mol. The minimum Gasteiger partial charge on any atom is -0.358 e.